The molecule has 1 atom stereocenters. The average Bonchev–Trinajstić information content (AvgIpc) is 2.88. The Morgan fingerprint density at radius 3 is 2.35 bits per heavy atom. The van der Waals surface area contributed by atoms with Crippen molar-refractivity contribution in [2.75, 3.05) is 6.61 Å². The van der Waals surface area contributed by atoms with Gasteiger partial charge in [-0.2, -0.15) is 8.78 Å². The predicted octanol–water partition coefficient (Wildman–Crippen LogP) is 6.49. The van der Waals surface area contributed by atoms with Gasteiger partial charge < -0.3 is 19.9 Å². The molecule has 3 aromatic carbocycles. The highest BCUT2D eigenvalue weighted by atomic mass is 19.3. The molecule has 0 spiro atoms. The Morgan fingerprint density at radius 2 is 1.65 bits per heavy atom. The minimum atomic E-state index is -3.08. The van der Waals surface area contributed by atoms with E-state index < -0.39 is 18.6 Å². The van der Waals surface area contributed by atoms with Crippen LogP contribution in [0.5, 0.6) is 11.5 Å². The van der Waals surface area contributed by atoms with Gasteiger partial charge in [0.2, 0.25) is 5.56 Å². The number of phenols is 1. The summed E-state index contributed by atoms with van der Waals surface area (Å²) in [6.45, 7) is 3.48. The number of fused-ring (bicyclic) bond motifs is 1. The first-order chi connectivity index (χ1) is 17.5. The molecule has 0 bridgehead atoms. The number of phenolic OH excluding ortho intramolecular Hbond substituents is 1. The van der Waals surface area contributed by atoms with Gasteiger partial charge in [0.25, 0.3) is 0 Å². The molecule has 4 rings (SSSR count). The molecule has 7 heteroatoms. The van der Waals surface area contributed by atoms with Crippen LogP contribution in [0.25, 0.3) is 10.9 Å². The van der Waals surface area contributed by atoms with Crippen molar-refractivity contribution < 1.29 is 23.7 Å². The summed E-state index contributed by atoms with van der Waals surface area (Å²) < 4.78 is 34.1. The highest BCUT2D eigenvalue weighted by molar-refractivity contribution is 5.87. The van der Waals surface area contributed by atoms with E-state index in [1.807, 2.05) is 12.1 Å². The second kappa shape index (κ2) is 10.7. The molecule has 1 unspecified atom stereocenters. The van der Waals surface area contributed by atoms with E-state index in [4.69, 9.17) is 4.74 Å². The van der Waals surface area contributed by atoms with E-state index in [0.29, 0.717) is 35.1 Å². The van der Waals surface area contributed by atoms with Crippen LogP contribution in [0.3, 0.4) is 0 Å². The maximum absolute atomic E-state index is 14.4. The lowest BCUT2D eigenvalue weighted by molar-refractivity contribution is -0.0467. The van der Waals surface area contributed by atoms with Gasteiger partial charge >= 0.3 is 5.92 Å². The molecule has 0 aliphatic carbocycles. The third-order valence-electron chi connectivity index (χ3n) is 6.58. The SMILES string of the molecule is CC(C)(CCC(O)c1ccc(O)c2[nH]c(=O)ccc12)Cc1ccc(OCC(F)(F)c2ccccc2)cc1. The van der Waals surface area contributed by atoms with Crippen LogP contribution >= 0.6 is 0 Å². The van der Waals surface area contributed by atoms with Gasteiger partial charge in [-0.05, 0) is 60.1 Å². The van der Waals surface area contributed by atoms with Gasteiger partial charge in [-0.15, -0.1) is 0 Å². The molecule has 0 aliphatic heterocycles. The molecule has 194 valence electrons. The number of aromatic nitrogens is 1. The summed E-state index contributed by atoms with van der Waals surface area (Å²) in [5.74, 6) is -2.74. The van der Waals surface area contributed by atoms with E-state index in [9.17, 15) is 23.8 Å². The van der Waals surface area contributed by atoms with Crippen LogP contribution in [-0.4, -0.2) is 21.8 Å². The number of aromatic amines is 1. The number of rotatable bonds is 10. The van der Waals surface area contributed by atoms with Crippen LogP contribution in [-0.2, 0) is 12.3 Å². The van der Waals surface area contributed by atoms with E-state index in [1.54, 1.807) is 42.5 Å². The summed E-state index contributed by atoms with van der Waals surface area (Å²) in [5.41, 5.74) is 1.45. The van der Waals surface area contributed by atoms with Crippen molar-refractivity contribution in [1.82, 2.24) is 4.98 Å². The standard InChI is InChI=1S/C30H31F2NO4/c1-29(2,17-16-25(34)23-12-14-26(35)28-24(23)13-15-27(36)33-28)18-20-8-10-22(11-9-20)37-19-30(31,32)21-6-4-3-5-7-21/h3-15,25,34-35H,16-19H2,1-2H3,(H,33,36). The average molecular weight is 508 g/mol. The van der Waals surface area contributed by atoms with Crippen molar-refractivity contribution in [2.45, 2.75) is 45.1 Å². The molecule has 1 aromatic heterocycles. The van der Waals surface area contributed by atoms with E-state index in [0.717, 1.165) is 12.0 Å². The third kappa shape index (κ3) is 6.54. The molecule has 5 nitrogen and oxygen atoms in total. The molecule has 0 aliphatic rings. The molecule has 37 heavy (non-hydrogen) atoms. The van der Waals surface area contributed by atoms with E-state index >= 15 is 0 Å². The van der Waals surface area contributed by atoms with Crippen LogP contribution in [0.2, 0.25) is 0 Å². The number of pyridine rings is 1. The Morgan fingerprint density at radius 1 is 0.946 bits per heavy atom. The lowest BCUT2D eigenvalue weighted by atomic mass is 9.80. The van der Waals surface area contributed by atoms with Gasteiger partial charge in [-0.3, -0.25) is 4.79 Å². The monoisotopic (exact) mass is 507 g/mol. The van der Waals surface area contributed by atoms with E-state index in [2.05, 4.69) is 18.8 Å². The number of aromatic hydroxyl groups is 1. The topological polar surface area (TPSA) is 82.5 Å². The minimum absolute atomic E-state index is 0.0415. The van der Waals surface area contributed by atoms with Gasteiger partial charge in [0.1, 0.15) is 11.5 Å². The second-order valence-corrected chi connectivity index (χ2v) is 10.2. The normalized spacial score (nSPS) is 13.0. The molecule has 0 saturated heterocycles. The lowest BCUT2D eigenvalue weighted by Gasteiger charge is -2.26. The third-order valence-corrected chi connectivity index (χ3v) is 6.58. The number of hydrogen-bond donors (Lipinski definition) is 3. The Kier molecular flexibility index (Phi) is 7.64. The highest BCUT2D eigenvalue weighted by Gasteiger charge is 2.32. The number of nitrogens with one attached hydrogen (secondary N) is 1. The van der Waals surface area contributed by atoms with Gasteiger partial charge in [0, 0.05) is 17.0 Å². The quantitative estimate of drug-likeness (QED) is 0.229. The summed E-state index contributed by atoms with van der Waals surface area (Å²) in [7, 11) is 0. The Labute approximate surface area is 214 Å². The van der Waals surface area contributed by atoms with Crippen molar-refractivity contribution >= 4 is 10.9 Å². The van der Waals surface area contributed by atoms with Crippen LogP contribution < -0.4 is 10.3 Å². The summed E-state index contributed by atoms with van der Waals surface area (Å²) in [6, 6.07) is 20.9. The smallest absolute Gasteiger partial charge is 0.306 e. The zero-order chi connectivity index (χ0) is 26.6. The first kappa shape index (κ1) is 26.4. The first-order valence-corrected chi connectivity index (χ1v) is 12.2. The molecule has 4 aromatic rings. The number of halogens is 2. The minimum Gasteiger partial charge on any atom is -0.506 e. The molecule has 3 N–H and O–H groups in total. The van der Waals surface area contributed by atoms with E-state index in [1.165, 1.54) is 24.3 Å². The number of hydrogen-bond acceptors (Lipinski definition) is 4. The molecular weight excluding hydrogens is 476 g/mol. The number of alkyl halides is 2. The molecule has 0 fully saturated rings. The fourth-order valence-corrected chi connectivity index (χ4v) is 4.52. The number of H-pyrrole nitrogens is 1. The van der Waals surface area contributed by atoms with Gasteiger partial charge in [-0.25, -0.2) is 0 Å². The maximum Gasteiger partial charge on any atom is 0.306 e. The number of ether oxygens (including phenoxy) is 1. The maximum atomic E-state index is 14.4. The predicted molar refractivity (Wildman–Crippen MR) is 140 cm³/mol. The number of benzene rings is 3. The number of aliphatic hydroxyl groups is 1. The zero-order valence-electron chi connectivity index (χ0n) is 20.9. The summed E-state index contributed by atoms with van der Waals surface area (Å²) in [6.07, 6.45) is 1.16. The van der Waals surface area contributed by atoms with Gasteiger partial charge in [0.05, 0.1) is 11.6 Å². The van der Waals surface area contributed by atoms with Gasteiger partial charge in [0.15, 0.2) is 6.61 Å². The molecular formula is C30H31F2NO4. The zero-order valence-corrected chi connectivity index (χ0v) is 20.9. The van der Waals surface area contributed by atoms with Crippen molar-refractivity contribution in [1.29, 1.82) is 0 Å². The Hall–Kier alpha value is -3.71. The number of aliphatic hydroxyl groups excluding tert-OH is 1. The fourth-order valence-electron chi connectivity index (χ4n) is 4.52. The second-order valence-electron chi connectivity index (χ2n) is 10.2. The Balaban J connectivity index is 1.34. The summed E-state index contributed by atoms with van der Waals surface area (Å²) in [5, 5.41) is 21.6. The van der Waals surface area contributed by atoms with Crippen LogP contribution in [0.15, 0.2) is 83.7 Å². The molecule has 0 radical (unpaired) electrons. The van der Waals surface area contributed by atoms with Crippen LogP contribution in [0.4, 0.5) is 8.78 Å². The summed E-state index contributed by atoms with van der Waals surface area (Å²) >= 11 is 0. The molecule has 0 saturated carbocycles. The lowest BCUT2D eigenvalue weighted by Crippen LogP contribution is -2.23. The van der Waals surface area contributed by atoms with Crippen molar-refractivity contribution in [3.05, 3.63) is 106 Å². The van der Waals surface area contributed by atoms with Crippen molar-refractivity contribution in [2.24, 2.45) is 5.41 Å². The Bertz CT molecular complexity index is 1400. The van der Waals surface area contributed by atoms with Crippen molar-refractivity contribution in [3.63, 3.8) is 0 Å². The first-order valence-electron chi connectivity index (χ1n) is 12.2. The van der Waals surface area contributed by atoms with Crippen molar-refractivity contribution in [3.8, 4) is 11.5 Å². The van der Waals surface area contributed by atoms with Crippen LogP contribution in [0, 0.1) is 5.41 Å². The largest absolute Gasteiger partial charge is 0.506 e. The molecule has 0 amide bonds. The van der Waals surface area contributed by atoms with E-state index in [-0.39, 0.29) is 22.3 Å². The van der Waals surface area contributed by atoms with Gasteiger partial charge in [-0.1, -0.05) is 62.4 Å². The van der Waals surface area contributed by atoms with Crippen LogP contribution in [0.1, 0.15) is 49.5 Å². The highest BCUT2D eigenvalue weighted by Crippen LogP contribution is 2.35. The molecule has 1 heterocycles. The fraction of sp³-hybridized carbons (Fsp3) is 0.300. The summed E-state index contributed by atoms with van der Waals surface area (Å²) in [4.78, 5) is 14.3.